The van der Waals surface area contributed by atoms with Gasteiger partial charge in [-0.15, -0.1) is 0 Å². The maximum Gasteiger partial charge on any atom is 0.416 e. The second-order valence-electron chi connectivity index (χ2n) is 6.58. The Morgan fingerprint density at radius 3 is 2.60 bits per heavy atom. The molecule has 0 saturated heterocycles. The van der Waals surface area contributed by atoms with Crippen LogP contribution in [0.2, 0.25) is 0 Å². The number of aromatic nitrogens is 2. The third-order valence-electron chi connectivity index (χ3n) is 4.08. The molecule has 2 rings (SSSR count). The summed E-state index contributed by atoms with van der Waals surface area (Å²) < 4.78 is 40.1. The molecule has 1 heterocycles. The number of hydrogen-bond donors (Lipinski definition) is 2. The van der Waals surface area contributed by atoms with E-state index in [1.54, 1.807) is 11.6 Å². The van der Waals surface area contributed by atoms with Crippen molar-refractivity contribution < 1.29 is 23.1 Å². The number of alkyl halides is 3. The maximum atomic E-state index is 12.8. The fourth-order valence-corrected chi connectivity index (χ4v) is 2.78. The van der Waals surface area contributed by atoms with Gasteiger partial charge >= 0.3 is 12.1 Å². The first kappa shape index (κ1) is 19.2. The first-order valence-corrected chi connectivity index (χ1v) is 8.05. The van der Waals surface area contributed by atoms with Crippen LogP contribution in [-0.4, -0.2) is 27.2 Å². The summed E-state index contributed by atoms with van der Waals surface area (Å²) in [6, 6.07) is 3.45. The van der Waals surface area contributed by atoms with E-state index >= 15 is 0 Å². The Bertz CT molecular complexity index is 753. The third kappa shape index (κ3) is 4.72. The summed E-state index contributed by atoms with van der Waals surface area (Å²) in [4.78, 5) is 15.5. The summed E-state index contributed by atoms with van der Waals surface area (Å²) in [5.74, 6) is -0.546. The fraction of sp³-hybridized carbons (Fsp3) is 0.529. The van der Waals surface area contributed by atoms with Crippen LogP contribution in [0.25, 0.3) is 11.0 Å². The third-order valence-corrected chi connectivity index (χ3v) is 4.08. The number of nitrogens with zero attached hydrogens (tertiary/aromatic N) is 2. The molecule has 1 aromatic heterocycles. The summed E-state index contributed by atoms with van der Waals surface area (Å²) in [7, 11) is 1.72. The van der Waals surface area contributed by atoms with E-state index in [1.807, 2.05) is 13.8 Å². The average molecular weight is 357 g/mol. The molecule has 0 spiro atoms. The molecule has 25 heavy (non-hydrogen) atoms. The molecule has 0 saturated carbocycles. The highest BCUT2D eigenvalue weighted by atomic mass is 19.4. The van der Waals surface area contributed by atoms with E-state index in [1.165, 1.54) is 6.07 Å². The highest BCUT2D eigenvalue weighted by molar-refractivity contribution is 5.77. The summed E-state index contributed by atoms with van der Waals surface area (Å²) in [6.45, 7) is 4.48. The predicted octanol–water partition coefficient (Wildman–Crippen LogP) is 3.43. The van der Waals surface area contributed by atoms with Crippen LogP contribution in [0.1, 0.15) is 31.7 Å². The molecule has 138 valence electrons. The number of rotatable bonds is 7. The van der Waals surface area contributed by atoms with Crippen molar-refractivity contribution in [3.05, 3.63) is 29.6 Å². The number of carboxylic acids is 1. The lowest BCUT2D eigenvalue weighted by Crippen LogP contribution is -2.30. The van der Waals surface area contributed by atoms with E-state index in [0.717, 1.165) is 12.1 Å². The van der Waals surface area contributed by atoms with Crippen LogP contribution in [-0.2, 0) is 24.6 Å². The first-order chi connectivity index (χ1) is 11.6. The van der Waals surface area contributed by atoms with Crippen molar-refractivity contribution in [1.82, 2.24) is 14.9 Å². The number of halogens is 3. The van der Waals surface area contributed by atoms with E-state index < -0.39 is 23.6 Å². The maximum absolute atomic E-state index is 12.8. The Morgan fingerprint density at radius 1 is 1.36 bits per heavy atom. The fourth-order valence-electron chi connectivity index (χ4n) is 2.78. The van der Waals surface area contributed by atoms with E-state index in [0.29, 0.717) is 17.8 Å². The van der Waals surface area contributed by atoms with Gasteiger partial charge in [-0.05, 0) is 30.5 Å². The van der Waals surface area contributed by atoms with Gasteiger partial charge in [-0.3, -0.25) is 4.79 Å². The van der Waals surface area contributed by atoms with Crippen molar-refractivity contribution in [2.75, 3.05) is 6.54 Å². The van der Waals surface area contributed by atoms with Crippen LogP contribution in [0.4, 0.5) is 13.2 Å². The van der Waals surface area contributed by atoms with Gasteiger partial charge in [0.2, 0.25) is 0 Å². The van der Waals surface area contributed by atoms with Crippen LogP contribution in [0.3, 0.4) is 0 Å². The Balaban J connectivity index is 2.11. The van der Waals surface area contributed by atoms with Gasteiger partial charge in [0.05, 0.1) is 29.1 Å². The lowest BCUT2D eigenvalue weighted by Gasteiger charge is -2.15. The number of nitrogens with one attached hydrogen (secondary N) is 1. The lowest BCUT2D eigenvalue weighted by molar-refractivity contribution is -0.142. The summed E-state index contributed by atoms with van der Waals surface area (Å²) >= 11 is 0. The Morgan fingerprint density at radius 2 is 2.04 bits per heavy atom. The zero-order valence-corrected chi connectivity index (χ0v) is 14.4. The van der Waals surface area contributed by atoms with Gasteiger partial charge in [-0.2, -0.15) is 13.2 Å². The standard InChI is InChI=1S/C17H22F3N3O2/c1-10(2)6-11(16(24)25)8-21-9-15-22-13-7-12(17(18,19)20)4-5-14(13)23(15)3/h4-5,7,10-11,21H,6,8-9H2,1-3H3,(H,24,25). The number of aliphatic carboxylic acids is 1. The van der Waals surface area contributed by atoms with Gasteiger partial charge in [0.1, 0.15) is 5.82 Å². The number of fused-ring (bicyclic) bond motifs is 1. The molecule has 0 fully saturated rings. The Hall–Kier alpha value is -2.09. The second-order valence-corrected chi connectivity index (χ2v) is 6.58. The molecular formula is C17H22F3N3O2. The molecule has 8 heteroatoms. The largest absolute Gasteiger partial charge is 0.481 e. The van der Waals surface area contributed by atoms with Crippen molar-refractivity contribution in [3.63, 3.8) is 0 Å². The molecule has 0 aliphatic heterocycles. The summed E-state index contributed by atoms with van der Waals surface area (Å²) in [5, 5.41) is 12.3. The van der Waals surface area contributed by atoms with Gasteiger partial charge in [0.15, 0.2) is 0 Å². The molecule has 0 amide bonds. The monoisotopic (exact) mass is 357 g/mol. The molecule has 1 unspecified atom stereocenters. The van der Waals surface area contributed by atoms with Crippen molar-refractivity contribution in [1.29, 1.82) is 0 Å². The minimum atomic E-state index is -4.41. The molecule has 0 radical (unpaired) electrons. The number of benzene rings is 1. The first-order valence-electron chi connectivity index (χ1n) is 8.05. The average Bonchev–Trinajstić information content (AvgIpc) is 2.81. The van der Waals surface area contributed by atoms with E-state index in [4.69, 9.17) is 0 Å². The molecule has 1 aromatic carbocycles. The van der Waals surface area contributed by atoms with Crippen molar-refractivity contribution in [3.8, 4) is 0 Å². The molecule has 1 atom stereocenters. The second kappa shape index (κ2) is 7.43. The smallest absolute Gasteiger partial charge is 0.416 e. The molecule has 5 nitrogen and oxygen atoms in total. The van der Waals surface area contributed by atoms with E-state index in [2.05, 4.69) is 10.3 Å². The van der Waals surface area contributed by atoms with Gasteiger partial charge in [-0.25, -0.2) is 4.98 Å². The van der Waals surface area contributed by atoms with Crippen molar-refractivity contribution in [2.45, 2.75) is 33.0 Å². The van der Waals surface area contributed by atoms with Gasteiger partial charge < -0.3 is 15.0 Å². The normalized spacial score (nSPS) is 13.6. The molecule has 0 bridgehead atoms. The van der Waals surface area contributed by atoms with E-state index in [-0.39, 0.29) is 24.5 Å². The minimum absolute atomic E-state index is 0.263. The zero-order valence-electron chi connectivity index (χ0n) is 14.4. The van der Waals surface area contributed by atoms with Crippen LogP contribution in [0.15, 0.2) is 18.2 Å². The predicted molar refractivity (Wildman–Crippen MR) is 88.0 cm³/mol. The van der Waals surface area contributed by atoms with Crippen LogP contribution in [0.5, 0.6) is 0 Å². The molecule has 0 aliphatic rings. The van der Waals surface area contributed by atoms with Crippen molar-refractivity contribution >= 4 is 17.0 Å². The number of imidazole rings is 1. The van der Waals surface area contributed by atoms with Crippen molar-refractivity contribution in [2.24, 2.45) is 18.9 Å². The van der Waals surface area contributed by atoms with Gasteiger partial charge in [0, 0.05) is 13.6 Å². The van der Waals surface area contributed by atoms with Crippen LogP contribution < -0.4 is 5.32 Å². The highest BCUT2D eigenvalue weighted by Crippen LogP contribution is 2.31. The van der Waals surface area contributed by atoms with E-state index in [9.17, 15) is 23.1 Å². The Kier molecular flexibility index (Phi) is 5.72. The quantitative estimate of drug-likeness (QED) is 0.797. The Labute approximate surface area is 143 Å². The SMILES string of the molecule is CC(C)CC(CNCc1nc2cc(C(F)(F)F)ccc2n1C)C(=O)O. The van der Waals surface area contributed by atoms with Crippen LogP contribution >= 0.6 is 0 Å². The number of carbonyl (C=O) groups is 1. The van der Waals surface area contributed by atoms with Crippen LogP contribution in [0, 0.1) is 11.8 Å². The molecular weight excluding hydrogens is 335 g/mol. The van der Waals surface area contributed by atoms with Gasteiger partial charge in [0.25, 0.3) is 0 Å². The topological polar surface area (TPSA) is 67.2 Å². The molecule has 2 aromatic rings. The van der Waals surface area contributed by atoms with Gasteiger partial charge in [-0.1, -0.05) is 13.8 Å². The number of aryl methyl sites for hydroxylation is 1. The minimum Gasteiger partial charge on any atom is -0.481 e. The zero-order chi connectivity index (χ0) is 18.8. The number of hydrogen-bond acceptors (Lipinski definition) is 3. The lowest BCUT2D eigenvalue weighted by atomic mass is 9.97. The molecule has 0 aliphatic carbocycles. The number of carboxylic acid groups (broad SMARTS) is 1. The summed E-state index contributed by atoms with van der Waals surface area (Å²) in [5.41, 5.74) is 0.133. The highest BCUT2D eigenvalue weighted by Gasteiger charge is 2.31. The molecule has 2 N–H and O–H groups in total. The summed E-state index contributed by atoms with van der Waals surface area (Å²) in [6.07, 6.45) is -3.85.